The van der Waals surface area contributed by atoms with Crippen LogP contribution in [-0.4, -0.2) is 11.4 Å². The standard InChI is InChI=1S/C13H12O2.C3H6O.C2H6/c1-10(14)9-12-7-8-13(15-12)11-5-3-2-4-6-11;1-2-3-4;1-2/h2-9,14H,1H3;3H,2H2,1H3;1-2H3/b10-9-;;. The highest BCUT2D eigenvalue weighted by atomic mass is 16.3. The van der Waals surface area contributed by atoms with Crippen LogP contribution < -0.4 is 0 Å². The Balaban J connectivity index is 0.000000579. The van der Waals surface area contributed by atoms with Crippen LogP contribution in [0.4, 0.5) is 0 Å². The number of aliphatic hydroxyl groups is 1. The first-order valence-corrected chi connectivity index (χ1v) is 7.13. The second-order valence-electron chi connectivity index (χ2n) is 3.93. The Morgan fingerprint density at radius 1 is 1.14 bits per heavy atom. The van der Waals surface area contributed by atoms with Crippen molar-refractivity contribution < 1.29 is 14.3 Å². The summed E-state index contributed by atoms with van der Waals surface area (Å²) in [6.07, 6.45) is 3.10. The normalized spacial score (nSPS) is 9.81. The van der Waals surface area contributed by atoms with E-state index in [0.29, 0.717) is 12.2 Å². The maximum absolute atomic E-state index is 9.17. The molecular formula is C18H24O3. The molecule has 1 aromatic heterocycles. The third kappa shape index (κ3) is 7.78. The van der Waals surface area contributed by atoms with Gasteiger partial charge < -0.3 is 14.3 Å². The third-order valence-corrected chi connectivity index (χ3v) is 2.20. The van der Waals surface area contributed by atoms with E-state index < -0.39 is 0 Å². The van der Waals surface area contributed by atoms with Crippen molar-refractivity contribution in [3.05, 3.63) is 54.0 Å². The lowest BCUT2D eigenvalue weighted by molar-refractivity contribution is -0.107. The zero-order valence-corrected chi connectivity index (χ0v) is 13.2. The summed E-state index contributed by atoms with van der Waals surface area (Å²) in [5, 5.41) is 9.09. The minimum absolute atomic E-state index is 0.240. The highest BCUT2D eigenvalue weighted by Crippen LogP contribution is 2.22. The summed E-state index contributed by atoms with van der Waals surface area (Å²) in [6.45, 7) is 7.43. The molecule has 114 valence electrons. The van der Waals surface area contributed by atoms with E-state index in [2.05, 4.69) is 0 Å². The molecule has 0 aliphatic heterocycles. The molecule has 21 heavy (non-hydrogen) atoms. The van der Waals surface area contributed by atoms with E-state index in [1.165, 1.54) is 0 Å². The molecule has 0 spiro atoms. The molecule has 3 heteroatoms. The largest absolute Gasteiger partial charge is 0.512 e. The zero-order chi connectivity index (χ0) is 16.1. The van der Waals surface area contributed by atoms with Gasteiger partial charge in [-0.2, -0.15) is 0 Å². The van der Waals surface area contributed by atoms with Crippen LogP contribution in [0.5, 0.6) is 0 Å². The van der Waals surface area contributed by atoms with Gasteiger partial charge >= 0.3 is 0 Å². The average Bonchev–Trinajstić information content (AvgIpc) is 2.98. The van der Waals surface area contributed by atoms with E-state index >= 15 is 0 Å². The number of allylic oxidation sites excluding steroid dienone is 1. The second-order valence-corrected chi connectivity index (χ2v) is 3.93. The highest BCUT2D eigenvalue weighted by Gasteiger charge is 2.02. The summed E-state index contributed by atoms with van der Waals surface area (Å²) in [6, 6.07) is 13.6. The summed E-state index contributed by atoms with van der Waals surface area (Å²) in [4.78, 5) is 9.17. The molecule has 2 rings (SSSR count). The van der Waals surface area contributed by atoms with Crippen LogP contribution in [0.15, 0.2) is 52.6 Å². The van der Waals surface area contributed by atoms with Gasteiger partial charge in [0.1, 0.15) is 17.8 Å². The van der Waals surface area contributed by atoms with E-state index in [-0.39, 0.29) is 5.76 Å². The van der Waals surface area contributed by atoms with Crippen molar-refractivity contribution in [2.45, 2.75) is 34.1 Å². The van der Waals surface area contributed by atoms with Crippen molar-refractivity contribution in [1.29, 1.82) is 0 Å². The summed E-state index contributed by atoms with van der Waals surface area (Å²) in [5.41, 5.74) is 1.03. The van der Waals surface area contributed by atoms with E-state index in [1.807, 2.05) is 63.2 Å². The minimum Gasteiger partial charge on any atom is -0.512 e. The van der Waals surface area contributed by atoms with Crippen molar-refractivity contribution in [1.82, 2.24) is 0 Å². The van der Waals surface area contributed by atoms with Gasteiger partial charge in [-0.25, -0.2) is 0 Å². The molecule has 0 aliphatic carbocycles. The number of benzene rings is 1. The fraction of sp³-hybridized carbons (Fsp3) is 0.278. The van der Waals surface area contributed by atoms with Crippen LogP contribution in [0.1, 0.15) is 39.9 Å². The predicted octanol–water partition coefficient (Wildman–Crippen LogP) is 5.49. The number of aliphatic hydroxyl groups excluding tert-OH is 1. The Morgan fingerprint density at radius 2 is 1.71 bits per heavy atom. The van der Waals surface area contributed by atoms with E-state index in [0.717, 1.165) is 17.6 Å². The Hall–Kier alpha value is -2.29. The summed E-state index contributed by atoms with van der Waals surface area (Å²) >= 11 is 0. The van der Waals surface area contributed by atoms with Gasteiger partial charge in [0, 0.05) is 18.1 Å². The average molecular weight is 288 g/mol. The molecule has 1 N–H and O–H groups in total. The summed E-state index contributed by atoms with van der Waals surface area (Å²) in [7, 11) is 0. The zero-order valence-electron chi connectivity index (χ0n) is 13.2. The number of aldehydes is 1. The molecule has 2 aromatic rings. The van der Waals surface area contributed by atoms with Gasteiger partial charge in [-0.3, -0.25) is 0 Å². The molecule has 1 heterocycles. The molecular weight excluding hydrogens is 264 g/mol. The van der Waals surface area contributed by atoms with E-state index in [1.54, 1.807) is 13.0 Å². The minimum atomic E-state index is 0.240. The summed E-state index contributed by atoms with van der Waals surface area (Å²) in [5.74, 6) is 1.71. The number of furan rings is 1. The number of carbonyl (C=O) groups is 1. The first kappa shape index (κ1) is 18.7. The van der Waals surface area contributed by atoms with E-state index in [4.69, 9.17) is 9.52 Å². The molecule has 0 amide bonds. The van der Waals surface area contributed by atoms with Gasteiger partial charge in [0.2, 0.25) is 0 Å². The Bertz CT molecular complexity index is 520. The van der Waals surface area contributed by atoms with Crippen molar-refractivity contribution in [2.75, 3.05) is 0 Å². The van der Waals surface area contributed by atoms with Crippen LogP contribution in [0, 0.1) is 0 Å². The van der Waals surface area contributed by atoms with Gasteiger partial charge in [0.25, 0.3) is 0 Å². The molecule has 0 saturated heterocycles. The molecule has 0 fully saturated rings. The molecule has 0 saturated carbocycles. The first-order chi connectivity index (χ1) is 10.2. The molecule has 3 nitrogen and oxygen atoms in total. The van der Waals surface area contributed by atoms with Crippen LogP contribution >= 0.6 is 0 Å². The fourth-order valence-corrected chi connectivity index (χ4v) is 1.39. The predicted molar refractivity (Wildman–Crippen MR) is 88.1 cm³/mol. The number of hydrogen-bond donors (Lipinski definition) is 1. The van der Waals surface area contributed by atoms with Gasteiger partial charge in [0.05, 0.1) is 5.76 Å². The highest BCUT2D eigenvalue weighted by molar-refractivity contribution is 5.59. The molecule has 0 radical (unpaired) electrons. The quantitative estimate of drug-likeness (QED) is 0.600. The van der Waals surface area contributed by atoms with Gasteiger partial charge in [-0.1, -0.05) is 51.1 Å². The molecule has 0 aliphatic rings. The van der Waals surface area contributed by atoms with Crippen molar-refractivity contribution in [3.63, 3.8) is 0 Å². The maximum Gasteiger partial charge on any atom is 0.134 e. The molecule has 1 aromatic carbocycles. The molecule has 0 bridgehead atoms. The molecule has 0 unspecified atom stereocenters. The second kappa shape index (κ2) is 11.5. The van der Waals surface area contributed by atoms with E-state index in [9.17, 15) is 4.79 Å². The van der Waals surface area contributed by atoms with Gasteiger partial charge in [-0.05, 0) is 19.1 Å². The van der Waals surface area contributed by atoms with Crippen LogP contribution in [-0.2, 0) is 4.79 Å². The lowest BCUT2D eigenvalue weighted by Gasteiger charge is -1.94. The van der Waals surface area contributed by atoms with Crippen LogP contribution in [0.3, 0.4) is 0 Å². The lowest BCUT2D eigenvalue weighted by atomic mass is 10.2. The Kier molecular flexibility index (Phi) is 10.3. The van der Waals surface area contributed by atoms with Crippen molar-refractivity contribution in [3.8, 4) is 11.3 Å². The Morgan fingerprint density at radius 3 is 2.19 bits per heavy atom. The van der Waals surface area contributed by atoms with Crippen LogP contribution in [0.2, 0.25) is 0 Å². The van der Waals surface area contributed by atoms with Crippen molar-refractivity contribution in [2.24, 2.45) is 0 Å². The topological polar surface area (TPSA) is 50.4 Å². The SMILES string of the molecule is C/C(O)=C/c1ccc(-c2ccccc2)o1.CC.CCC=O. The van der Waals surface area contributed by atoms with Crippen molar-refractivity contribution >= 4 is 12.4 Å². The third-order valence-electron chi connectivity index (χ3n) is 2.20. The maximum atomic E-state index is 9.17. The number of rotatable bonds is 3. The molecule has 0 atom stereocenters. The Labute approximate surface area is 126 Å². The number of hydrogen-bond acceptors (Lipinski definition) is 3. The van der Waals surface area contributed by atoms with Crippen LogP contribution in [0.25, 0.3) is 17.4 Å². The summed E-state index contributed by atoms with van der Waals surface area (Å²) < 4.78 is 5.54. The fourth-order valence-electron chi connectivity index (χ4n) is 1.39. The first-order valence-electron chi connectivity index (χ1n) is 7.13. The number of carbonyl (C=O) groups excluding carboxylic acids is 1. The van der Waals surface area contributed by atoms with Gasteiger partial charge in [-0.15, -0.1) is 0 Å². The monoisotopic (exact) mass is 288 g/mol. The smallest absolute Gasteiger partial charge is 0.134 e. The lowest BCUT2D eigenvalue weighted by Crippen LogP contribution is -1.71. The van der Waals surface area contributed by atoms with Gasteiger partial charge in [0.15, 0.2) is 0 Å².